The zero-order valence-corrected chi connectivity index (χ0v) is 16.4. The molecule has 2 unspecified atom stereocenters. The lowest BCUT2D eigenvalue weighted by atomic mass is 10.1. The van der Waals surface area contributed by atoms with Gasteiger partial charge in [0, 0.05) is 6.42 Å². The third kappa shape index (κ3) is 7.82. The van der Waals surface area contributed by atoms with Crippen molar-refractivity contribution < 1.29 is 29.2 Å². The van der Waals surface area contributed by atoms with Gasteiger partial charge in [-0.15, -0.1) is 0 Å². The van der Waals surface area contributed by atoms with Crippen molar-refractivity contribution in [2.24, 2.45) is 0 Å². The van der Waals surface area contributed by atoms with Crippen molar-refractivity contribution in [1.82, 2.24) is 0 Å². The summed E-state index contributed by atoms with van der Waals surface area (Å²) in [6.45, 7) is 3.63. The number of aliphatic hydroxyl groups excluding tert-OH is 1. The number of hydrogen-bond donors (Lipinski definition) is 2. The van der Waals surface area contributed by atoms with E-state index in [0.717, 1.165) is 5.56 Å². The Hall–Kier alpha value is -3.08. The smallest absolute Gasteiger partial charge is 0.333 e. The van der Waals surface area contributed by atoms with Gasteiger partial charge in [-0.3, -0.25) is 0 Å². The van der Waals surface area contributed by atoms with Crippen molar-refractivity contribution in [3.05, 3.63) is 59.7 Å². The first-order valence-electron chi connectivity index (χ1n) is 9.28. The van der Waals surface area contributed by atoms with Crippen LogP contribution in [0.5, 0.6) is 11.5 Å². The lowest BCUT2D eigenvalue weighted by molar-refractivity contribution is -0.153. The normalized spacial score (nSPS) is 12.8. The Morgan fingerprint density at radius 2 is 1.72 bits per heavy atom. The summed E-state index contributed by atoms with van der Waals surface area (Å²) in [6, 6.07) is 15.6. The van der Waals surface area contributed by atoms with Crippen molar-refractivity contribution in [2.45, 2.75) is 38.6 Å². The molecule has 0 heterocycles. The Morgan fingerprint density at radius 1 is 1.07 bits per heavy atom. The second-order valence-corrected chi connectivity index (χ2v) is 6.78. The predicted molar refractivity (Wildman–Crippen MR) is 106 cm³/mol. The molecule has 0 aliphatic rings. The van der Waals surface area contributed by atoms with Gasteiger partial charge in [0.05, 0.1) is 17.7 Å². The van der Waals surface area contributed by atoms with Crippen molar-refractivity contribution >= 4 is 5.97 Å². The molecule has 0 radical (unpaired) electrons. The monoisotopic (exact) mass is 399 g/mol. The third-order valence-electron chi connectivity index (χ3n) is 3.90. The van der Waals surface area contributed by atoms with Gasteiger partial charge < -0.3 is 24.4 Å². The third-order valence-corrected chi connectivity index (χ3v) is 3.90. The van der Waals surface area contributed by atoms with Crippen LogP contribution in [0.25, 0.3) is 0 Å². The van der Waals surface area contributed by atoms with E-state index in [2.05, 4.69) is 0 Å². The zero-order valence-electron chi connectivity index (χ0n) is 16.4. The fourth-order valence-corrected chi connectivity index (χ4v) is 2.56. The topological polar surface area (TPSA) is 109 Å². The van der Waals surface area contributed by atoms with Crippen molar-refractivity contribution in [1.29, 1.82) is 5.26 Å². The van der Waals surface area contributed by atoms with E-state index in [9.17, 15) is 15.0 Å². The van der Waals surface area contributed by atoms with Gasteiger partial charge in [-0.2, -0.15) is 5.26 Å². The summed E-state index contributed by atoms with van der Waals surface area (Å²) in [6.07, 6.45) is -1.77. The van der Waals surface area contributed by atoms with Gasteiger partial charge in [0.2, 0.25) is 0 Å². The van der Waals surface area contributed by atoms with E-state index < -0.39 is 18.2 Å². The van der Waals surface area contributed by atoms with Gasteiger partial charge in [-0.1, -0.05) is 12.1 Å². The van der Waals surface area contributed by atoms with Crippen LogP contribution in [0, 0.1) is 11.3 Å². The van der Waals surface area contributed by atoms with Gasteiger partial charge in [-0.25, -0.2) is 4.79 Å². The minimum atomic E-state index is -1.01. The number of nitriles is 1. The maximum absolute atomic E-state index is 11.3. The number of aliphatic hydroxyl groups is 1. The van der Waals surface area contributed by atoms with Crippen LogP contribution in [0.1, 0.15) is 25.0 Å². The predicted octanol–water partition coefficient (Wildman–Crippen LogP) is 2.80. The molecule has 0 fully saturated rings. The van der Waals surface area contributed by atoms with Crippen LogP contribution in [-0.2, 0) is 16.0 Å². The van der Waals surface area contributed by atoms with Crippen LogP contribution < -0.4 is 9.47 Å². The number of carboxylic acids is 1. The molecule has 0 aliphatic carbocycles. The highest BCUT2D eigenvalue weighted by molar-refractivity contribution is 5.72. The van der Waals surface area contributed by atoms with E-state index >= 15 is 0 Å². The first-order chi connectivity index (χ1) is 13.9. The number of rotatable bonds is 11. The molecule has 0 spiro atoms. The number of benzene rings is 2. The van der Waals surface area contributed by atoms with Crippen LogP contribution >= 0.6 is 0 Å². The van der Waals surface area contributed by atoms with Crippen LogP contribution in [-0.4, -0.2) is 47.7 Å². The second-order valence-electron chi connectivity index (χ2n) is 6.78. The van der Waals surface area contributed by atoms with Crippen LogP contribution in [0.3, 0.4) is 0 Å². The SMILES string of the molecule is CC(C)OC(Cc1cccc(OCC(O)COc2ccc(C#N)cc2)c1)C(=O)O. The molecule has 2 aromatic rings. The molecule has 2 atom stereocenters. The quantitative estimate of drug-likeness (QED) is 0.598. The molecule has 2 N–H and O–H groups in total. The van der Waals surface area contributed by atoms with E-state index in [1.54, 1.807) is 62.4 Å². The fraction of sp³-hybridized carbons (Fsp3) is 0.364. The Labute approximate surface area is 170 Å². The summed E-state index contributed by atoms with van der Waals surface area (Å²) in [5.41, 5.74) is 1.30. The van der Waals surface area contributed by atoms with Gasteiger partial charge >= 0.3 is 5.97 Å². The van der Waals surface area contributed by atoms with E-state index in [4.69, 9.17) is 19.5 Å². The van der Waals surface area contributed by atoms with Crippen molar-refractivity contribution in [3.63, 3.8) is 0 Å². The molecule has 0 aliphatic heterocycles. The second kappa shape index (κ2) is 11.1. The maximum atomic E-state index is 11.3. The molecular formula is C22H25NO6. The number of ether oxygens (including phenoxy) is 3. The van der Waals surface area contributed by atoms with E-state index in [1.807, 2.05) is 6.07 Å². The maximum Gasteiger partial charge on any atom is 0.333 e. The Kier molecular flexibility index (Phi) is 8.46. The number of hydrogen-bond acceptors (Lipinski definition) is 6. The number of aliphatic carboxylic acids is 1. The summed E-state index contributed by atoms with van der Waals surface area (Å²) >= 11 is 0. The average molecular weight is 399 g/mol. The minimum absolute atomic E-state index is 0.0184. The molecule has 7 nitrogen and oxygen atoms in total. The van der Waals surface area contributed by atoms with Crippen molar-refractivity contribution in [2.75, 3.05) is 13.2 Å². The molecule has 7 heteroatoms. The van der Waals surface area contributed by atoms with Gasteiger partial charge in [0.1, 0.15) is 30.8 Å². The summed E-state index contributed by atoms with van der Waals surface area (Å²) < 4.78 is 16.5. The van der Waals surface area contributed by atoms with Crippen LogP contribution in [0.4, 0.5) is 0 Å². The highest BCUT2D eigenvalue weighted by Gasteiger charge is 2.20. The van der Waals surface area contributed by atoms with Crippen molar-refractivity contribution in [3.8, 4) is 17.6 Å². The summed E-state index contributed by atoms with van der Waals surface area (Å²) in [7, 11) is 0. The molecule has 2 rings (SSSR count). The van der Waals surface area contributed by atoms with Crippen LogP contribution in [0.15, 0.2) is 48.5 Å². The van der Waals surface area contributed by atoms with E-state index in [0.29, 0.717) is 17.1 Å². The van der Waals surface area contributed by atoms with Gasteiger partial charge in [-0.05, 0) is 55.8 Å². The molecule has 29 heavy (non-hydrogen) atoms. The highest BCUT2D eigenvalue weighted by atomic mass is 16.5. The van der Waals surface area contributed by atoms with Gasteiger partial charge in [0.15, 0.2) is 6.10 Å². The Bertz CT molecular complexity index is 828. The Balaban J connectivity index is 1.84. The van der Waals surface area contributed by atoms with E-state index in [1.165, 1.54) is 0 Å². The molecule has 0 aromatic heterocycles. The highest BCUT2D eigenvalue weighted by Crippen LogP contribution is 2.17. The first kappa shape index (κ1) is 22.2. The minimum Gasteiger partial charge on any atom is -0.491 e. The zero-order chi connectivity index (χ0) is 21.2. The molecule has 2 aromatic carbocycles. The number of carbonyl (C=O) groups is 1. The summed E-state index contributed by atoms with van der Waals surface area (Å²) in [4.78, 5) is 11.3. The largest absolute Gasteiger partial charge is 0.491 e. The molecule has 0 amide bonds. The lowest BCUT2D eigenvalue weighted by Crippen LogP contribution is -2.29. The van der Waals surface area contributed by atoms with Crippen LogP contribution in [0.2, 0.25) is 0 Å². The Morgan fingerprint density at radius 3 is 2.31 bits per heavy atom. The number of carboxylic acid groups (broad SMARTS) is 1. The molecule has 0 bridgehead atoms. The van der Waals surface area contributed by atoms with Gasteiger partial charge in [0.25, 0.3) is 0 Å². The molecular weight excluding hydrogens is 374 g/mol. The lowest BCUT2D eigenvalue weighted by Gasteiger charge is -2.17. The standard InChI is InChI=1S/C22H25NO6/c1-15(2)29-21(22(25)26)11-17-4-3-5-20(10-17)28-14-18(24)13-27-19-8-6-16(12-23)7-9-19/h3-10,15,18,21,24H,11,13-14H2,1-2H3,(H,25,26). The fourth-order valence-electron chi connectivity index (χ4n) is 2.56. The first-order valence-corrected chi connectivity index (χ1v) is 9.28. The van der Waals surface area contributed by atoms with E-state index in [-0.39, 0.29) is 25.7 Å². The molecule has 0 saturated heterocycles. The summed E-state index contributed by atoms with van der Waals surface area (Å²) in [5, 5.41) is 28.1. The number of nitrogens with zero attached hydrogens (tertiary/aromatic N) is 1. The summed E-state index contributed by atoms with van der Waals surface area (Å²) in [5.74, 6) is 0.0592. The average Bonchev–Trinajstić information content (AvgIpc) is 2.70. The molecule has 0 saturated carbocycles. The molecule has 154 valence electrons.